The molecule has 1 aromatic carbocycles. The molecule has 2 aromatic heterocycles. The first kappa shape index (κ1) is 15.9. The van der Waals surface area contributed by atoms with Crippen molar-refractivity contribution in [3.05, 3.63) is 50.4 Å². The molecule has 0 saturated carbocycles. The summed E-state index contributed by atoms with van der Waals surface area (Å²) in [4.78, 5) is 18.7. The minimum atomic E-state index is -0.642. The molecule has 0 fully saturated rings. The number of aromatic nitrogens is 2. The summed E-state index contributed by atoms with van der Waals surface area (Å²) >= 11 is 1.52. The zero-order valence-electron chi connectivity index (χ0n) is 12.9. The summed E-state index contributed by atoms with van der Waals surface area (Å²) in [6.45, 7) is 1.61. The molecule has 0 spiro atoms. The molecule has 0 amide bonds. The van der Waals surface area contributed by atoms with E-state index < -0.39 is 5.92 Å². The summed E-state index contributed by atoms with van der Waals surface area (Å²) in [6, 6.07) is 5.99. The van der Waals surface area contributed by atoms with E-state index in [2.05, 4.69) is 9.97 Å². The van der Waals surface area contributed by atoms with Gasteiger partial charge in [-0.25, -0.2) is 0 Å². The van der Waals surface area contributed by atoms with Crippen molar-refractivity contribution in [3.8, 4) is 0 Å². The number of thiophene rings is 1. The van der Waals surface area contributed by atoms with Crippen LogP contribution in [0.2, 0.25) is 0 Å². The van der Waals surface area contributed by atoms with Crippen LogP contribution in [-0.2, 0) is 0 Å². The first-order valence-corrected chi connectivity index (χ1v) is 8.02. The molecule has 8 nitrogen and oxygen atoms in total. The Morgan fingerprint density at radius 3 is 2.54 bits per heavy atom. The molecule has 0 radical (unpaired) electrons. The fourth-order valence-electron chi connectivity index (χ4n) is 2.81. The van der Waals surface area contributed by atoms with Crippen molar-refractivity contribution in [1.29, 1.82) is 0 Å². The van der Waals surface area contributed by atoms with Crippen LogP contribution in [0.3, 0.4) is 0 Å². The van der Waals surface area contributed by atoms with Crippen LogP contribution in [0.4, 0.5) is 17.6 Å². The molecule has 0 bridgehead atoms. The highest BCUT2D eigenvalue weighted by Gasteiger charge is 2.29. The first-order chi connectivity index (χ1) is 11.4. The van der Waals surface area contributed by atoms with Crippen LogP contribution in [0.25, 0.3) is 10.1 Å². The number of hydrogen-bond acceptors (Lipinski definition) is 8. The molecule has 0 aliphatic heterocycles. The second-order valence-electron chi connectivity index (χ2n) is 5.52. The van der Waals surface area contributed by atoms with Crippen molar-refractivity contribution in [2.75, 3.05) is 23.7 Å². The Hall–Kier alpha value is -2.94. The molecule has 3 aromatic rings. The molecule has 24 heavy (non-hydrogen) atoms. The Labute approximate surface area is 141 Å². The highest BCUT2D eigenvalue weighted by molar-refractivity contribution is 7.17. The molecule has 6 N–H and O–H groups in total. The van der Waals surface area contributed by atoms with Crippen LogP contribution in [0.15, 0.2) is 23.6 Å². The van der Waals surface area contributed by atoms with Crippen molar-refractivity contribution >= 4 is 39.0 Å². The van der Waals surface area contributed by atoms with Crippen molar-refractivity contribution in [2.45, 2.75) is 12.8 Å². The van der Waals surface area contributed by atoms with Crippen molar-refractivity contribution < 1.29 is 4.92 Å². The average Bonchev–Trinajstić information content (AvgIpc) is 2.87. The van der Waals surface area contributed by atoms with E-state index in [1.165, 1.54) is 11.3 Å². The monoisotopic (exact) mass is 344 g/mol. The molecule has 0 aliphatic carbocycles. The standard InChI is InChI=1S/C15H16N6O2S/c1-7-2-3-11-8(4-7)10(6-24-11)9(5-21(22)23)12-13(16)19-15(18)20-14(12)17/h2-4,6,9H,5H2,1H3,(H6,16,17,18,19,20). The maximum absolute atomic E-state index is 11.2. The molecule has 3 rings (SSSR count). The van der Waals surface area contributed by atoms with E-state index in [1.807, 2.05) is 30.5 Å². The van der Waals surface area contributed by atoms with Crippen LogP contribution in [0, 0.1) is 17.0 Å². The zero-order valence-corrected chi connectivity index (χ0v) is 13.7. The largest absolute Gasteiger partial charge is 0.383 e. The molecular weight excluding hydrogens is 328 g/mol. The van der Waals surface area contributed by atoms with Crippen LogP contribution >= 0.6 is 11.3 Å². The van der Waals surface area contributed by atoms with Gasteiger partial charge in [0.25, 0.3) is 0 Å². The molecule has 1 atom stereocenters. The Bertz CT molecular complexity index is 916. The summed E-state index contributed by atoms with van der Waals surface area (Å²) in [5.74, 6) is -0.562. The molecule has 2 heterocycles. The highest BCUT2D eigenvalue weighted by Crippen LogP contribution is 2.39. The maximum Gasteiger partial charge on any atom is 0.223 e. The lowest BCUT2D eigenvalue weighted by molar-refractivity contribution is -0.481. The third-order valence-corrected chi connectivity index (χ3v) is 4.82. The quantitative estimate of drug-likeness (QED) is 0.485. The number of benzene rings is 1. The fourth-order valence-corrected chi connectivity index (χ4v) is 3.80. The van der Waals surface area contributed by atoms with Gasteiger partial charge in [-0.2, -0.15) is 9.97 Å². The first-order valence-electron chi connectivity index (χ1n) is 7.14. The number of hydrogen-bond donors (Lipinski definition) is 3. The summed E-state index contributed by atoms with van der Waals surface area (Å²) in [7, 11) is 0. The van der Waals surface area contributed by atoms with E-state index >= 15 is 0 Å². The SMILES string of the molecule is Cc1ccc2scc(C(C[N+](=O)[O-])c3c(N)nc(N)nc3N)c2c1. The van der Waals surface area contributed by atoms with E-state index in [-0.39, 0.29) is 29.1 Å². The van der Waals surface area contributed by atoms with Gasteiger partial charge in [0.1, 0.15) is 11.6 Å². The topological polar surface area (TPSA) is 147 Å². The molecule has 124 valence electrons. The van der Waals surface area contributed by atoms with Gasteiger partial charge >= 0.3 is 0 Å². The molecule has 9 heteroatoms. The number of anilines is 3. The second kappa shape index (κ2) is 5.93. The van der Waals surface area contributed by atoms with Gasteiger partial charge in [0.2, 0.25) is 12.5 Å². The smallest absolute Gasteiger partial charge is 0.223 e. The van der Waals surface area contributed by atoms with Gasteiger partial charge in [0, 0.05) is 9.62 Å². The van der Waals surface area contributed by atoms with Gasteiger partial charge in [0.15, 0.2) is 0 Å². The predicted molar refractivity (Wildman–Crippen MR) is 95.5 cm³/mol. The lowest BCUT2D eigenvalue weighted by Gasteiger charge is -2.16. The minimum absolute atomic E-state index is 0.0559. The Balaban J connectivity index is 2.24. The lowest BCUT2D eigenvalue weighted by Crippen LogP contribution is -2.19. The number of nitro groups is 1. The summed E-state index contributed by atoms with van der Waals surface area (Å²) in [5, 5.41) is 14.1. The molecule has 0 aliphatic rings. The molecular formula is C15H16N6O2S. The van der Waals surface area contributed by atoms with E-state index in [1.54, 1.807) is 0 Å². The number of aryl methyl sites for hydroxylation is 1. The van der Waals surface area contributed by atoms with Gasteiger partial charge < -0.3 is 17.2 Å². The predicted octanol–water partition coefficient (Wildman–Crippen LogP) is 2.15. The normalized spacial score (nSPS) is 12.4. The Morgan fingerprint density at radius 2 is 1.92 bits per heavy atom. The van der Waals surface area contributed by atoms with Gasteiger partial charge in [-0.05, 0) is 29.3 Å². The van der Waals surface area contributed by atoms with Crippen molar-refractivity contribution in [3.63, 3.8) is 0 Å². The lowest BCUT2D eigenvalue weighted by atomic mass is 9.91. The maximum atomic E-state index is 11.2. The number of nitrogens with zero attached hydrogens (tertiary/aromatic N) is 3. The number of rotatable bonds is 4. The summed E-state index contributed by atoms with van der Waals surface area (Å²) in [6.07, 6.45) is 0. The molecule has 0 saturated heterocycles. The highest BCUT2D eigenvalue weighted by atomic mass is 32.1. The number of fused-ring (bicyclic) bond motifs is 1. The van der Waals surface area contributed by atoms with Gasteiger partial charge in [-0.1, -0.05) is 17.7 Å². The Morgan fingerprint density at radius 1 is 1.25 bits per heavy atom. The van der Waals surface area contributed by atoms with Crippen LogP contribution in [-0.4, -0.2) is 21.4 Å². The third-order valence-electron chi connectivity index (χ3n) is 3.84. The van der Waals surface area contributed by atoms with Crippen LogP contribution in [0.1, 0.15) is 22.6 Å². The van der Waals surface area contributed by atoms with E-state index in [4.69, 9.17) is 17.2 Å². The summed E-state index contributed by atoms with van der Waals surface area (Å²) < 4.78 is 1.04. The van der Waals surface area contributed by atoms with Gasteiger partial charge in [-0.15, -0.1) is 11.3 Å². The van der Waals surface area contributed by atoms with E-state index in [0.717, 1.165) is 21.2 Å². The number of nitrogen functional groups attached to an aromatic ring is 3. The van der Waals surface area contributed by atoms with Crippen LogP contribution in [0.5, 0.6) is 0 Å². The second-order valence-corrected chi connectivity index (χ2v) is 6.44. The zero-order chi connectivity index (χ0) is 17.4. The number of nitrogens with two attached hydrogens (primary N) is 3. The van der Waals surface area contributed by atoms with Gasteiger partial charge in [-0.3, -0.25) is 10.1 Å². The van der Waals surface area contributed by atoms with Crippen LogP contribution < -0.4 is 17.2 Å². The minimum Gasteiger partial charge on any atom is -0.383 e. The third kappa shape index (κ3) is 2.81. The van der Waals surface area contributed by atoms with Crippen molar-refractivity contribution in [1.82, 2.24) is 9.97 Å². The van der Waals surface area contributed by atoms with Gasteiger partial charge in [0.05, 0.1) is 11.5 Å². The molecule has 1 unspecified atom stereocenters. The Kier molecular flexibility index (Phi) is 3.94. The van der Waals surface area contributed by atoms with E-state index in [9.17, 15) is 10.1 Å². The fraction of sp³-hybridized carbons (Fsp3) is 0.200. The van der Waals surface area contributed by atoms with Crippen molar-refractivity contribution in [2.24, 2.45) is 0 Å². The summed E-state index contributed by atoms with van der Waals surface area (Å²) in [5.41, 5.74) is 19.7. The van der Waals surface area contributed by atoms with E-state index in [0.29, 0.717) is 5.56 Å². The average molecular weight is 344 g/mol.